The molecular weight excluding hydrogens is 777 g/mol. The van der Waals surface area contributed by atoms with E-state index in [0.717, 1.165) is 22.3 Å². The monoisotopic (exact) mass is 821 g/mol. The number of aromatic nitrogens is 2. The second kappa shape index (κ2) is 16.3. The largest absolute Gasteiger partial charge is 0.476 e. The smallest absolute Gasteiger partial charge is 0.415 e. The zero-order valence-corrected chi connectivity index (χ0v) is 34.5. The molecule has 11 heteroatoms. The Morgan fingerprint density at radius 2 is 1.45 bits per heavy atom. The zero-order valence-electron chi connectivity index (χ0n) is 33.7. The Bertz CT molecular complexity index is 2430. The summed E-state index contributed by atoms with van der Waals surface area (Å²) in [5, 5.41) is 15.6. The molecule has 1 unspecified atom stereocenters. The van der Waals surface area contributed by atoms with Gasteiger partial charge in [0.25, 0.3) is 5.91 Å². The fraction of sp³-hybridized carbons (Fsp3) is 0.265. The summed E-state index contributed by atoms with van der Waals surface area (Å²) in [6.07, 6.45) is 3.34. The number of halogens is 2. The van der Waals surface area contributed by atoms with Crippen LogP contribution in [-0.2, 0) is 21.5 Å². The van der Waals surface area contributed by atoms with Gasteiger partial charge in [-0.25, -0.2) is 9.18 Å². The SMILES string of the molecule is CC(C)(C)OC(=O)N1CC(C(=O)N2CCC(C#N)(Cc3ccc(F)cc3)CC2)Oc2cc(-c3cnn(C(c4ccccc4)(c4ccccc4)c4ccccc4)c3)c(Cl)cc21. The molecule has 0 N–H and O–H groups in total. The number of piperidine rings is 1. The van der Waals surface area contributed by atoms with Gasteiger partial charge in [-0.1, -0.05) is 115 Å². The normalized spacial score (nSPS) is 16.3. The van der Waals surface area contributed by atoms with E-state index in [4.69, 9.17) is 26.2 Å². The van der Waals surface area contributed by atoms with Crippen LogP contribution < -0.4 is 9.64 Å². The molecule has 304 valence electrons. The highest BCUT2D eigenvalue weighted by atomic mass is 35.5. The summed E-state index contributed by atoms with van der Waals surface area (Å²) < 4.78 is 27.9. The van der Waals surface area contributed by atoms with Crippen molar-refractivity contribution in [2.24, 2.45) is 5.41 Å². The van der Waals surface area contributed by atoms with Crippen molar-refractivity contribution in [2.75, 3.05) is 24.5 Å². The number of likely N-dealkylation sites (tertiary alicyclic amines) is 1. The van der Waals surface area contributed by atoms with Gasteiger partial charge in [-0.2, -0.15) is 10.4 Å². The average molecular weight is 822 g/mol. The molecule has 2 amide bonds. The van der Waals surface area contributed by atoms with Crippen molar-refractivity contribution in [1.29, 1.82) is 5.26 Å². The lowest BCUT2D eigenvalue weighted by atomic mass is 9.75. The summed E-state index contributed by atoms with van der Waals surface area (Å²) in [5.41, 5.74) is 3.18. The molecule has 2 aliphatic heterocycles. The van der Waals surface area contributed by atoms with Crippen LogP contribution in [0.3, 0.4) is 0 Å². The summed E-state index contributed by atoms with van der Waals surface area (Å²) >= 11 is 7.11. The summed E-state index contributed by atoms with van der Waals surface area (Å²) in [6.45, 7) is 5.89. The van der Waals surface area contributed by atoms with Gasteiger partial charge >= 0.3 is 6.09 Å². The van der Waals surface area contributed by atoms with E-state index in [1.807, 2.05) is 65.5 Å². The van der Waals surface area contributed by atoms with Gasteiger partial charge < -0.3 is 14.4 Å². The molecule has 60 heavy (non-hydrogen) atoms. The van der Waals surface area contributed by atoms with Crippen molar-refractivity contribution in [3.8, 4) is 22.9 Å². The van der Waals surface area contributed by atoms with Gasteiger partial charge in [0, 0.05) is 30.4 Å². The van der Waals surface area contributed by atoms with Gasteiger partial charge in [-0.05, 0) is 86.6 Å². The zero-order chi connectivity index (χ0) is 42.1. The van der Waals surface area contributed by atoms with Crippen LogP contribution in [0.5, 0.6) is 5.75 Å². The quantitative estimate of drug-likeness (QED) is 0.142. The van der Waals surface area contributed by atoms with Gasteiger partial charge in [-0.3, -0.25) is 14.4 Å². The standard InChI is InChI=1S/C49H45ClFN5O4/c1-47(2,3)60-46(58)55-32-44(45(57)54-25-23-48(33-52,24-26-54)29-34-19-21-39(51)22-20-34)59-43-27-40(41(50)28-42(43)55)35-30-53-56(31-35)49(36-13-7-4-8-14-36,37-15-9-5-10-16-37)38-17-11-6-12-18-38/h4-22,27-28,30-31,44H,23-26,29,32H2,1-3H3. The fourth-order valence-corrected chi connectivity index (χ4v) is 8.67. The molecule has 2 aliphatic rings. The second-order valence-corrected chi connectivity index (χ2v) is 16.9. The third-order valence-electron chi connectivity index (χ3n) is 11.4. The molecule has 1 atom stereocenters. The lowest BCUT2D eigenvalue weighted by molar-refractivity contribution is -0.140. The van der Waals surface area contributed by atoms with E-state index >= 15 is 0 Å². The highest BCUT2D eigenvalue weighted by Gasteiger charge is 2.43. The molecule has 6 aromatic rings. The minimum absolute atomic E-state index is 0.0996. The van der Waals surface area contributed by atoms with Crippen molar-refractivity contribution < 1.29 is 23.5 Å². The van der Waals surface area contributed by atoms with E-state index in [0.29, 0.717) is 54.2 Å². The third-order valence-corrected chi connectivity index (χ3v) is 11.7. The maximum atomic E-state index is 14.3. The first-order valence-corrected chi connectivity index (χ1v) is 20.4. The van der Waals surface area contributed by atoms with Gasteiger partial charge in [0.1, 0.15) is 22.7 Å². The molecule has 8 rings (SSSR count). The molecule has 0 aliphatic carbocycles. The minimum atomic E-state index is -1.06. The maximum absolute atomic E-state index is 14.3. The number of hydrogen-bond donors (Lipinski definition) is 0. The van der Waals surface area contributed by atoms with E-state index in [2.05, 4.69) is 42.5 Å². The topological polar surface area (TPSA) is 101 Å². The highest BCUT2D eigenvalue weighted by Crippen LogP contribution is 2.45. The summed E-state index contributed by atoms with van der Waals surface area (Å²) in [7, 11) is 0. The van der Waals surface area contributed by atoms with Crippen LogP contribution in [0.2, 0.25) is 5.02 Å². The number of amides is 2. The van der Waals surface area contributed by atoms with Crippen LogP contribution in [0.1, 0.15) is 55.9 Å². The number of nitrogens with zero attached hydrogens (tertiary/aromatic N) is 5. The second-order valence-electron chi connectivity index (χ2n) is 16.5. The molecular formula is C49H45ClFN5O4. The highest BCUT2D eigenvalue weighted by molar-refractivity contribution is 6.34. The molecule has 1 fully saturated rings. The van der Waals surface area contributed by atoms with Gasteiger partial charge in [0.2, 0.25) is 0 Å². The maximum Gasteiger partial charge on any atom is 0.415 e. The molecule has 0 bridgehead atoms. The number of fused-ring (bicyclic) bond motifs is 1. The predicted octanol–water partition coefficient (Wildman–Crippen LogP) is 10.1. The van der Waals surface area contributed by atoms with E-state index in [1.54, 1.807) is 56.1 Å². The Balaban J connectivity index is 1.14. The first kappa shape index (κ1) is 40.3. The Kier molecular flexibility index (Phi) is 11.0. The summed E-state index contributed by atoms with van der Waals surface area (Å²) in [5.74, 6) is -0.344. The molecule has 0 saturated carbocycles. The lowest BCUT2D eigenvalue weighted by Gasteiger charge is -2.41. The van der Waals surface area contributed by atoms with Crippen molar-refractivity contribution in [2.45, 2.75) is 57.3 Å². The Morgan fingerprint density at radius 3 is 1.98 bits per heavy atom. The van der Waals surface area contributed by atoms with E-state index in [-0.39, 0.29) is 24.0 Å². The lowest BCUT2D eigenvalue weighted by Crippen LogP contribution is -2.54. The van der Waals surface area contributed by atoms with Crippen LogP contribution in [0, 0.1) is 22.6 Å². The van der Waals surface area contributed by atoms with E-state index < -0.39 is 28.8 Å². The number of carbonyl (C=O) groups is 2. The molecule has 3 heterocycles. The summed E-state index contributed by atoms with van der Waals surface area (Å²) in [6, 6.07) is 42.7. The Labute approximate surface area is 354 Å². The molecule has 1 saturated heterocycles. The number of hydrogen-bond acceptors (Lipinski definition) is 6. The molecule has 0 spiro atoms. The van der Waals surface area contributed by atoms with Gasteiger partial charge in [0.05, 0.1) is 34.9 Å². The van der Waals surface area contributed by atoms with Gasteiger partial charge in [-0.15, -0.1) is 0 Å². The minimum Gasteiger partial charge on any atom is -0.476 e. The van der Waals surface area contributed by atoms with Crippen LogP contribution >= 0.6 is 11.6 Å². The first-order chi connectivity index (χ1) is 28.9. The molecule has 5 aromatic carbocycles. The van der Waals surface area contributed by atoms with Crippen LogP contribution in [-0.4, -0.2) is 58.0 Å². The summed E-state index contributed by atoms with van der Waals surface area (Å²) in [4.78, 5) is 31.2. The Hall–Kier alpha value is -6.44. The number of rotatable bonds is 8. The predicted molar refractivity (Wildman–Crippen MR) is 229 cm³/mol. The van der Waals surface area contributed by atoms with Crippen LogP contribution in [0.4, 0.5) is 14.9 Å². The third kappa shape index (κ3) is 7.85. The number of nitriles is 1. The first-order valence-electron chi connectivity index (χ1n) is 20.1. The van der Waals surface area contributed by atoms with Crippen molar-refractivity contribution >= 4 is 29.3 Å². The fourth-order valence-electron chi connectivity index (χ4n) is 8.40. The molecule has 1 aromatic heterocycles. The molecule has 0 radical (unpaired) electrons. The number of benzene rings is 5. The average Bonchev–Trinajstić information content (AvgIpc) is 3.75. The number of anilines is 1. The Morgan fingerprint density at radius 1 is 0.883 bits per heavy atom. The van der Waals surface area contributed by atoms with E-state index in [9.17, 15) is 19.2 Å². The number of carbonyl (C=O) groups excluding carboxylic acids is 2. The van der Waals surface area contributed by atoms with Crippen molar-refractivity contribution in [3.05, 3.63) is 173 Å². The van der Waals surface area contributed by atoms with Crippen molar-refractivity contribution in [1.82, 2.24) is 14.7 Å². The van der Waals surface area contributed by atoms with Gasteiger partial charge in [0.15, 0.2) is 6.10 Å². The van der Waals surface area contributed by atoms with Crippen LogP contribution in [0.15, 0.2) is 140 Å². The molecule has 9 nitrogen and oxygen atoms in total. The number of ether oxygens (including phenoxy) is 2. The van der Waals surface area contributed by atoms with E-state index in [1.165, 1.54) is 17.0 Å². The van der Waals surface area contributed by atoms with Crippen molar-refractivity contribution in [3.63, 3.8) is 0 Å². The van der Waals surface area contributed by atoms with Crippen LogP contribution in [0.25, 0.3) is 11.1 Å².